The first-order valence-corrected chi connectivity index (χ1v) is 6.29. The Balaban J connectivity index is 2.00. The van der Waals surface area contributed by atoms with Crippen molar-refractivity contribution in [3.63, 3.8) is 0 Å². The van der Waals surface area contributed by atoms with E-state index in [4.69, 9.17) is 4.74 Å². The van der Waals surface area contributed by atoms with Crippen LogP contribution in [-0.4, -0.2) is 19.7 Å². The van der Waals surface area contributed by atoms with Gasteiger partial charge >= 0.3 is 0 Å². The van der Waals surface area contributed by atoms with Gasteiger partial charge in [0.25, 0.3) is 0 Å². The molecule has 0 amide bonds. The number of rotatable bonds is 4. The van der Waals surface area contributed by atoms with Crippen LogP contribution >= 0.6 is 0 Å². The van der Waals surface area contributed by atoms with Crippen molar-refractivity contribution in [3.8, 4) is 0 Å². The summed E-state index contributed by atoms with van der Waals surface area (Å²) < 4.78 is 18.8. The second-order valence-corrected chi connectivity index (χ2v) is 4.71. The van der Waals surface area contributed by atoms with Crippen molar-refractivity contribution in [2.45, 2.75) is 38.3 Å². The van der Waals surface area contributed by atoms with Crippen LogP contribution < -0.4 is 5.32 Å². The quantitative estimate of drug-likeness (QED) is 0.869. The standard InChI is InChI=1S/C14H20FNO/c1-17-10-11-5-6-12(14(15)8-11)9-13-4-2-3-7-16-13/h5-6,8,13,16H,2-4,7,9-10H2,1H3. The molecule has 0 aromatic heterocycles. The highest BCUT2D eigenvalue weighted by molar-refractivity contribution is 5.25. The van der Waals surface area contributed by atoms with E-state index in [0.29, 0.717) is 12.6 Å². The first-order valence-electron chi connectivity index (χ1n) is 6.29. The summed E-state index contributed by atoms with van der Waals surface area (Å²) in [6.07, 6.45) is 4.44. The summed E-state index contributed by atoms with van der Waals surface area (Å²) >= 11 is 0. The van der Waals surface area contributed by atoms with E-state index in [1.54, 1.807) is 13.2 Å². The van der Waals surface area contributed by atoms with Gasteiger partial charge in [0.05, 0.1) is 6.61 Å². The van der Waals surface area contributed by atoms with Gasteiger partial charge in [0.1, 0.15) is 5.82 Å². The molecule has 1 saturated heterocycles. The highest BCUT2D eigenvalue weighted by Crippen LogP contribution is 2.17. The Morgan fingerprint density at radius 1 is 1.41 bits per heavy atom. The van der Waals surface area contributed by atoms with Gasteiger partial charge in [0, 0.05) is 13.2 Å². The molecule has 1 aliphatic rings. The van der Waals surface area contributed by atoms with Crippen LogP contribution in [0.4, 0.5) is 4.39 Å². The van der Waals surface area contributed by atoms with Crippen molar-refractivity contribution >= 4 is 0 Å². The largest absolute Gasteiger partial charge is 0.380 e. The van der Waals surface area contributed by atoms with Crippen LogP contribution in [0.1, 0.15) is 30.4 Å². The molecule has 2 rings (SSSR count). The minimum absolute atomic E-state index is 0.105. The molecule has 1 atom stereocenters. The Bertz CT molecular complexity index is 361. The Labute approximate surface area is 102 Å². The highest BCUT2D eigenvalue weighted by atomic mass is 19.1. The van der Waals surface area contributed by atoms with E-state index in [0.717, 1.165) is 30.5 Å². The fourth-order valence-electron chi connectivity index (χ4n) is 2.38. The van der Waals surface area contributed by atoms with Crippen molar-refractivity contribution in [1.82, 2.24) is 5.32 Å². The zero-order chi connectivity index (χ0) is 12.1. The molecule has 1 aromatic carbocycles. The second kappa shape index (κ2) is 6.12. The number of hydrogen-bond donors (Lipinski definition) is 1. The van der Waals surface area contributed by atoms with Gasteiger partial charge in [-0.15, -0.1) is 0 Å². The molecular weight excluding hydrogens is 217 g/mol. The number of hydrogen-bond acceptors (Lipinski definition) is 2. The van der Waals surface area contributed by atoms with Crippen molar-refractivity contribution in [2.24, 2.45) is 0 Å². The molecule has 0 spiro atoms. The molecule has 94 valence electrons. The summed E-state index contributed by atoms with van der Waals surface area (Å²) in [5.74, 6) is -0.105. The van der Waals surface area contributed by atoms with Crippen LogP contribution in [0.3, 0.4) is 0 Å². The van der Waals surface area contributed by atoms with Crippen molar-refractivity contribution < 1.29 is 9.13 Å². The van der Waals surface area contributed by atoms with E-state index >= 15 is 0 Å². The van der Waals surface area contributed by atoms with Gasteiger partial charge in [0.15, 0.2) is 0 Å². The molecule has 0 saturated carbocycles. The number of benzene rings is 1. The predicted octanol–water partition coefficient (Wildman–Crippen LogP) is 2.66. The molecule has 1 fully saturated rings. The lowest BCUT2D eigenvalue weighted by Gasteiger charge is -2.23. The maximum Gasteiger partial charge on any atom is 0.126 e. The van der Waals surface area contributed by atoms with Gasteiger partial charge in [-0.25, -0.2) is 4.39 Å². The molecule has 2 nitrogen and oxygen atoms in total. The van der Waals surface area contributed by atoms with Crippen molar-refractivity contribution in [3.05, 3.63) is 35.1 Å². The normalized spacial score (nSPS) is 20.5. The third-order valence-corrected chi connectivity index (χ3v) is 3.31. The summed E-state index contributed by atoms with van der Waals surface area (Å²) in [4.78, 5) is 0. The van der Waals surface area contributed by atoms with Crippen LogP contribution in [0.15, 0.2) is 18.2 Å². The molecule has 0 bridgehead atoms. The molecular formula is C14H20FNO. The first kappa shape index (κ1) is 12.5. The van der Waals surface area contributed by atoms with Crippen molar-refractivity contribution in [1.29, 1.82) is 0 Å². The van der Waals surface area contributed by atoms with E-state index < -0.39 is 0 Å². The lowest BCUT2D eigenvalue weighted by Crippen LogP contribution is -2.35. The average molecular weight is 237 g/mol. The molecule has 1 N–H and O–H groups in total. The zero-order valence-corrected chi connectivity index (χ0v) is 10.3. The highest BCUT2D eigenvalue weighted by Gasteiger charge is 2.15. The monoisotopic (exact) mass is 237 g/mol. The Kier molecular flexibility index (Phi) is 4.51. The molecule has 3 heteroatoms. The van der Waals surface area contributed by atoms with Gasteiger partial charge in [-0.3, -0.25) is 0 Å². The minimum Gasteiger partial charge on any atom is -0.380 e. The third-order valence-electron chi connectivity index (χ3n) is 3.31. The zero-order valence-electron chi connectivity index (χ0n) is 10.3. The number of ether oxygens (including phenoxy) is 1. The lowest BCUT2D eigenvalue weighted by atomic mass is 9.97. The van der Waals surface area contributed by atoms with Crippen LogP contribution in [0.25, 0.3) is 0 Å². The lowest BCUT2D eigenvalue weighted by molar-refractivity contribution is 0.184. The second-order valence-electron chi connectivity index (χ2n) is 4.71. The van der Waals surface area contributed by atoms with Crippen molar-refractivity contribution in [2.75, 3.05) is 13.7 Å². The molecule has 0 aliphatic carbocycles. The topological polar surface area (TPSA) is 21.3 Å². The summed E-state index contributed by atoms with van der Waals surface area (Å²) in [6, 6.07) is 5.86. The van der Waals surface area contributed by atoms with Crippen LogP contribution in [0.5, 0.6) is 0 Å². The Morgan fingerprint density at radius 3 is 2.94 bits per heavy atom. The first-order chi connectivity index (χ1) is 8.29. The Morgan fingerprint density at radius 2 is 2.29 bits per heavy atom. The average Bonchev–Trinajstić information content (AvgIpc) is 2.34. The summed E-state index contributed by atoms with van der Waals surface area (Å²) in [6.45, 7) is 1.53. The van der Waals surface area contributed by atoms with E-state index in [9.17, 15) is 4.39 Å². The predicted molar refractivity (Wildman–Crippen MR) is 66.5 cm³/mol. The summed E-state index contributed by atoms with van der Waals surface area (Å²) in [5.41, 5.74) is 1.70. The van der Waals surface area contributed by atoms with E-state index in [1.165, 1.54) is 12.8 Å². The van der Waals surface area contributed by atoms with Gasteiger partial charge in [-0.2, -0.15) is 0 Å². The van der Waals surface area contributed by atoms with Gasteiger partial charge in [0.2, 0.25) is 0 Å². The fraction of sp³-hybridized carbons (Fsp3) is 0.571. The SMILES string of the molecule is COCc1ccc(CC2CCCCN2)c(F)c1. The number of halogens is 1. The smallest absolute Gasteiger partial charge is 0.126 e. The molecule has 1 heterocycles. The summed E-state index contributed by atoms with van der Waals surface area (Å²) in [7, 11) is 1.62. The van der Waals surface area contributed by atoms with Crippen LogP contribution in [0, 0.1) is 5.82 Å². The third kappa shape index (κ3) is 3.51. The molecule has 1 aromatic rings. The molecule has 1 unspecified atom stereocenters. The molecule has 17 heavy (non-hydrogen) atoms. The van der Waals surface area contributed by atoms with E-state index in [2.05, 4.69) is 5.32 Å². The minimum atomic E-state index is -0.105. The number of nitrogens with one attached hydrogen (secondary N) is 1. The number of piperidine rings is 1. The Hall–Kier alpha value is -0.930. The van der Waals surface area contributed by atoms with Crippen LogP contribution in [-0.2, 0) is 17.8 Å². The van der Waals surface area contributed by atoms with Gasteiger partial charge < -0.3 is 10.1 Å². The maximum atomic E-state index is 13.8. The maximum absolute atomic E-state index is 13.8. The molecule has 0 radical (unpaired) electrons. The fourth-order valence-corrected chi connectivity index (χ4v) is 2.38. The van der Waals surface area contributed by atoms with E-state index in [-0.39, 0.29) is 5.82 Å². The van der Waals surface area contributed by atoms with Gasteiger partial charge in [-0.05, 0) is 43.0 Å². The van der Waals surface area contributed by atoms with E-state index in [1.807, 2.05) is 12.1 Å². The molecule has 1 aliphatic heterocycles. The van der Waals surface area contributed by atoms with Gasteiger partial charge in [-0.1, -0.05) is 18.6 Å². The van der Waals surface area contributed by atoms with Crippen LogP contribution in [0.2, 0.25) is 0 Å². The summed E-state index contributed by atoms with van der Waals surface area (Å²) in [5, 5.41) is 3.44. The number of methoxy groups -OCH3 is 1.